The first-order valence-electron chi connectivity index (χ1n) is 8.35. The molecule has 0 spiro atoms. The number of carbonyl (C=O) groups excluding carboxylic acids is 1. The molecule has 1 aliphatic rings. The van der Waals surface area contributed by atoms with E-state index in [2.05, 4.69) is 12.2 Å². The van der Waals surface area contributed by atoms with Crippen molar-refractivity contribution in [2.24, 2.45) is 0 Å². The maximum atomic E-state index is 12.7. The van der Waals surface area contributed by atoms with Crippen LogP contribution >= 0.6 is 0 Å². The molecule has 1 amide bonds. The van der Waals surface area contributed by atoms with E-state index >= 15 is 0 Å². The number of amides is 1. The third-order valence-electron chi connectivity index (χ3n) is 4.16. The molecule has 1 aliphatic heterocycles. The quantitative estimate of drug-likeness (QED) is 0.847. The van der Waals surface area contributed by atoms with Crippen LogP contribution in [0.4, 0.5) is 0 Å². The van der Waals surface area contributed by atoms with E-state index in [9.17, 15) is 13.2 Å². The van der Waals surface area contributed by atoms with Gasteiger partial charge >= 0.3 is 0 Å². The molecule has 0 saturated carbocycles. The van der Waals surface area contributed by atoms with Gasteiger partial charge in [-0.15, -0.1) is 0 Å². The number of ether oxygens (including phenoxy) is 1. The molecular formula is C17H26N2O4S. The fourth-order valence-electron chi connectivity index (χ4n) is 2.75. The van der Waals surface area contributed by atoms with E-state index < -0.39 is 10.0 Å². The maximum Gasteiger partial charge on any atom is 0.251 e. The second-order valence-corrected chi connectivity index (χ2v) is 8.09. The Morgan fingerprint density at radius 1 is 1.33 bits per heavy atom. The minimum Gasteiger partial charge on any atom is -0.379 e. The average molecular weight is 354 g/mol. The molecule has 134 valence electrons. The molecule has 1 N–H and O–H groups in total. The van der Waals surface area contributed by atoms with E-state index in [1.54, 1.807) is 12.1 Å². The van der Waals surface area contributed by atoms with Crippen LogP contribution in [0.15, 0.2) is 23.1 Å². The SMILES string of the molecule is CCC[C@H](C)NC(=O)c1cc(S(=O)(=O)N2CCOCC2)ccc1C. The normalized spacial score (nSPS) is 17.5. The van der Waals surface area contributed by atoms with Gasteiger partial charge in [-0.25, -0.2) is 8.42 Å². The highest BCUT2D eigenvalue weighted by atomic mass is 32.2. The highest BCUT2D eigenvalue weighted by molar-refractivity contribution is 7.89. The Balaban J connectivity index is 2.26. The van der Waals surface area contributed by atoms with E-state index in [4.69, 9.17) is 4.74 Å². The lowest BCUT2D eigenvalue weighted by Crippen LogP contribution is -2.40. The van der Waals surface area contributed by atoms with Crippen molar-refractivity contribution in [1.82, 2.24) is 9.62 Å². The second kappa shape index (κ2) is 8.09. The molecule has 1 heterocycles. The van der Waals surface area contributed by atoms with Gasteiger partial charge in [-0.05, 0) is 38.0 Å². The summed E-state index contributed by atoms with van der Waals surface area (Å²) in [4.78, 5) is 12.6. The molecular weight excluding hydrogens is 328 g/mol. The second-order valence-electron chi connectivity index (χ2n) is 6.16. The summed E-state index contributed by atoms with van der Waals surface area (Å²) < 4.78 is 32.1. The number of sulfonamides is 1. The Bertz CT molecular complexity index is 682. The fourth-order valence-corrected chi connectivity index (χ4v) is 4.18. The first-order chi connectivity index (χ1) is 11.4. The molecule has 1 aromatic rings. The number of benzene rings is 1. The lowest BCUT2D eigenvalue weighted by molar-refractivity contribution is 0.0730. The number of nitrogens with zero attached hydrogens (tertiary/aromatic N) is 1. The third-order valence-corrected chi connectivity index (χ3v) is 6.06. The predicted octanol–water partition coefficient (Wildman–Crippen LogP) is 1.93. The Morgan fingerprint density at radius 3 is 2.62 bits per heavy atom. The maximum absolute atomic E-state index is 12.7. The standard InChI is InChI=1S/C17H26N2O4S/c1-4-5-14(3)18-17(20)16-12-15(7-6-13(16)2)24(21,22)19-8-10-23-11-9-19/h6-7,12,14H,4-5,8-11H2,1-3H3,(H,18,20)/t14-/m0/s1. The zero-order valence-electron chi connectivity index (χ0n) is 14.5. The van der Waals surface area contributed by atoms with Gasteiger partial charge in [0.05, 0.1) is 18.1 Å². The molecule has 0 aromatic heterocycles. The van der Waals surface area contributed by atoms with Crippen LogP contribution < -0.4 is 5.32 Å². The lowest BCUT2D eigenvalue weighted by atomic mass is 10.1. The van der Waals surface area contributed by atoms with Crippen molar-refractivity contribution in [2.45, 2.75) is 44.6 Å². The van der Waals surface area contributed by atoms with Crippen LogP contribution in [-0.4, -0.2) is 51.0 Å². The number of morpholine rings is 1. The Kier molecular flexibility index (Phi) is 6.37. The molecule has 7 heteroatoms. The van der Waals surface area contributed by atoms with E-state index in [0.29, 0.717) is 31.9 Å². The fraction of sp³-hybridized carbons (Fsp3) is 0.588. The zero-order chi connectivity index (χ0) is 17.7. The largest absolute Gasteiger partial charge is 0.379 e. The van der Waals surface area contributed by atoms with E-state index in [1.165, 1.54) is 10.4 Å². The van der Waals surface area contributed by atoms with E-state index in [-0.39, 0.29) is 16.8 Å². The van der Waals surface area contributed by atoms with Crippen LogP contribution in [0, 0.1) is 6.92 Å². The van der Waals surface area contributed by atoms with Gasteiger partial charge in [0.15, 0.2) is 0 Å². The van der Waals surface area contributed by atoms with Crippen molar-refractivity contribution >= 4 is 15.9 Å². The number of hydrogen-bond donors (Lipinski definition) is 1. The molecule has 0 bridgehead atoms. The minimum absolute atomic E-state index is 0.0569. The number of rotatable bonds is 6. The summed E-state index contributed by atoms with van der Waals surface area (Å²) in [7, 11) is -3.60. The van der Waals surface area contributed by atoms with Gasteiger partial charge in [0, 0.05) is 24.7 Å². The molecule has 0 radical (unpaired) electrons. The lowest BCUT2D eigenvalue weighted by Gasteiger charge is -2.26. The topological polar surface area (TPSA) is 75.7 Å². The van der Waals surface area contributed by atoms with Gasteiger partial charge in [0.25, 0.3) is 5.91 Å². The average Bonchev–Trinajstić information content (AvgIpc) is 2.56. The summed E-state index contributed by atoms with van der Waals surface area (Å²) in [6.07, 6.45) is 1.86. The van der Waals surface area contributed by atoms with Crippen LogP contribution in [0.3, 0.4) is 0 Å². The van der Waals surface area contributed by atoms with Gasteiger partial charge in [0.2, 0.25) is 10.0 Å². The van der Waals surface area contributed by atoms with Crippen molar-refractivity contribution < 1.29 is 17.9 Å². The monoisotopic (exact) mass is 354 g/mol. The van der Waals surface area contributed by atoms with Gasteiger partial charge in [-0.3, -0.25) is 4.79 Å². The number of hydrogen-bond acceptors (Lipinski definition) is 4. The van der Waals surface area contributed by atoms with Crippen molar-refractivity contribution in [3.8, 4) is 0 Å². The Labute approximate surface area is 144 Å². The predicted molar refractivity (Wildman–Crippen MR) is 92.6 cm³/mol. The third kappa shape index (κ3) is 4.34. The van der Waals surface area contributed by atoms with Crippen LogP contribution in [0.2, 0.25) is 0 Å². The van der Waals surface area contributed by atoms with Gasteiger partial charge in [-0.1, -0.05) is 19.4 Å². The van der Waals surface area contributed by atoms with Crippen LogP contribution in [0.5, 0.6) is 0 Å². The van der Waals surface area contributed by atoms with E-state index in [0.717, 1.165) is 18.4 Å². The van der Waals surface area contributed by atoms with Gasteiger partial charge in [-0.2, -0.15) is 4.31 Å². The molecule has 1 fully saturated rings. The molecule has 0 unspecified atom stereocenters. The number of carbonyl (C=O) groups is 1. The van der Waals surface area contributed by atoms with Gasteiger partial charge in [0.1, 0.15) is 0 Å². The van der Waals surface area contributed by atoms with Crippen molar-refractivity contribution in [2.75, 3.05) is 26.3 Å². The van der Waals surface area contributed by atoms with Crippen molar-refractivity contribution in [3.05, 3.63) is 29.3 Å². The smallest absolute Gasteiger partial charge is 0.251 e. The summed E-state index contributed by atoms with van der Waals surface area (Å²) in [5.74, 6) is -0.229. The molecule has 1 saturated heterocycles. The number of nitrogens with one attached hydrogen (secondary N) is 1. The first kappa shape index (κ1) is 18.9. The summed E-state index contributed by atoms with van der Waals surface area (Å²) >= 11 is 0. The summed E-state index contributed by atoms with van der Waals surface area (Å²) in [6, 6.07) is 4.79. The number of aryl methyl sites for hydroxylation is 1. The molecule has 24 heavy (non-hydrogen) atoms. The molecule has 1 atom stereocenters. The van der Waals surface area contributed by atoms with Crippen molar-refractivity contribution in [3.63, 3.8) is 0 Å². The first-order valence-corrected chi connectivity index (χ1v) is 9.79. The zero-order valence-corrected chi connectivity index (χ0v) is 15.4. The van der Waals surface area contributed by atoms with E-state index in [1.807, 2.05) is 13.8 Å². The van der Waals surface area contributed by atoms with Crippen LogP contribution in [0.1, 0.15) is 42.6 Å². The molecule has 0 aliphatic carbocycles. The minimum atomic E-state index is -3.60. The highest BCUT2D eigenvalue weighted by Crippen LogP contribution is 2.20. The summed E-state index contributed by atoms with van der Waals surface area (Å²) in [5, 5.41) is 2.93. The van der Waals surface area contributed by atoms with Gasteiger partial charge < -0.3 is 10.1 Å². The molecule has 1 aromatic carbocycles. The highest BCUT2D eigenvalue weighted by Gasteiger charge is 2.27. The Hall–Kier alpha value is -1.44. The van der Waals surface area contributed by atoms with Crippen LogP contribution in [0.25, 0.3) is 0 Å². The molecule has 6 nitrogen and oxygen atoms in total. The van der Waals surface area contributed by atoms with Crippen LogP contribution in [-0.2, 0) is 14.8 Å². The Morgan fingerprint density at radius 2 is 2.00 bits per heavy atom. The summed E-state index contributed by atoms with van der Waals surface area (Å²) in [5.41, 5.74) is 1.17. The molecule has 2 rings (SSSR count). The van der Waals surface area contributed by atoms with Crippen molar-refractivity contribution in [1.29, 1.82) is 0 Å². The summed E-state index contributed by atoms with van der Waals surface area (Å²) in [6.45, 7) is 7.29.